The van der Waals surface area contributed by atoms with Crippen molar-refractivity contribution in [3.63, 3.8) is 0 Å². The maximum Gasteiger partial charge on any atom is 0.267 e. The Labute approximate surface area is 138 Å². The minimum Gasteiger partial charge on any atom is -0.325 e. The van der Waals surface area contributed by atoms with E-state index in [2.05, 4.69) is 15.3 Å². The van der Waals surface area contributed by atoms with Crippen molar-refractivity contribution < 1.29 is 4.39 Å². The maximum absolute atomic E-state index is 14.2. The molecule has 0 amide bonds. The van der Waals surface area contributed by atoms with Gasteiger partial charge in [-0.15, -0.1) is 5.10 Å². The Kier molecular flexibility index (Phi) is 3.90. The van der Waals surface area contributed by atoms with Crippen LogP contribution in [0.15, 0.2) is 35.4 Å². The van der Waals surface area contributed by atoms with Crippen LogP contribution in [0.5, 0.6) is 0 Å². The Morgan fingerprint density at radius 2 is 2.00 bits per heavy atom. The highest BCUT2D eigenvalue weighted by atomic mass is 35.5. The summed E-state index contributed by atoms with van der Waals surface area (Å²) < 4.78 is 15.5. The minimum atomic E-state index is -0.695. The van der Waals surface area contributed by atoms with Crippen LogP contribution >= 0.6 is 34.8 Å². The fourth-order valence-electron chi connectivity index (χ4n) is 2.00. The number of aromatic nitrogens is 4. The van der Waals surface area contributed by atoms with E-state index < -0.39 is 11.4 Å². The molecule has 0 saturated heterocycles. The van der Waals surface area contributed by atoms with Gasteiger partial charge in [0.05, 0.1) is 11.9 Å². The van der Waals surface area contributed by atoms with Gasteiger partial charge in [0.2, 0.25) is 0 Å². The standard InChI is InChI=1S/C13H6Cl3FN4O/c14-6-1-2-9(21-5-10(15)19-20-21)7(3-6)11-8(17)4-18-13(22)12(11)16/h1-5H,(H,18,22). The van der Waals surface area contributed by atoms with Gasteiger partial charge in [0.15, 0.2) is 5.15 Å². The van der Waals surface area contributed by atoms with E-state index in [-0.39, 0.29) is 15.7 Å². The Balaban J connectivity index is 2.34. The summed E-state index contributed by atoms with van der Waals surface area (Å²) in [6.45, 7) is 0. The van der Waals surface area contributed by atoms with E-state index >= 15 is 0 Å². The number of nitrogens with one attached hydrogen (secondary N) is 1. The molecule has 9 heteroatoms. The zero-order valence-corrected chi connectivity index (χ0v) is 12.9. The molecule has 1 N–H and O–H groups in total. The van der Waals surface area contributed by atoms with Crippen LogP contribution < -0.4 is 5.56 Å². The van der Waals surface area contributed by atoms with Gasteiger partial charge >= 0.3 is 0 Å². The van der Waals surface area contributed by atoms with Gasteiger partial charge in [0.25, 0.3) is 5.56 Å². The molecule has 112 valence electrons. The number of H-pyrrole nitrogens is 1. The van der Waals surface area contributed by atoms with E-state index in [0.717, 1.165) is 6.20 Å². The lowest BCUT2D eigenvalue weighted by Crippen LogP contribution is -2.09. The molecule has 22 heavy (non-hydrogen) atoms. The first kappa shape index (κ1) is 15.0. The topological polar surface area (TPSA) is 63.6 Å². The number of halogens is 4. The minimum absolute atomic E-state index is 0.0745. The number of hydrogen-bond acceptors (Lipinski definition) is 3. The van der Waals surface area contributed by atoms with Crippen molar-refractivity contribution in [3.05, 3.63) is 62.0 Å². The van der Waals surface area contributed by atoms with Crippen molar-refractivity contribution in [1.82, 2.24) is 20.0 Å². The number of pyridine rings is 1. The lowest BCUT2D eigenvalue weighted by molar-refractivity contribution is 0.623. The smallest absolute Gasteiger partial charge is 0.267 e. The number of rotatable bonds is 2. The second-order valence-electron chi connectivity index (χ2n) is 4.30. The van der Waals surface area contributed by atoms with Gasteiger partial charge in [-0.2, -0.15) is 0 Å². The quantitative estimate of drug-likeness (QED) is 0.758. The molecular formula is C13H6Cl3FN4O. The molecule has 0 radical (unpaired) electrons. The normalized spacial score (nSPS) is 10.9. The molecule has 1 aromatic carbocycles. The summed E-state index contributed by atoms with van der Waals surface area (Å²) >= 11 is 17.7. The highest BCUT2D eigenvalue weighted by Gasteiger charge is 2.18. The fraction of sp³-hybridized carbons (Fsp3) is 0. The van der Waals surface area contributed by atoms with E-state index in [1.165, 1.54) is 16.9 Å². The molecule has 0 atom stereocenters. The first-order valence-electron chi connectivity index (χ1n) is 5.92. The van der Waals surface area contributed by atoms with Crippen LogP contribution in [0.1, 0.15) is 0 Å². The summed E-state index contributed by atoms with van der Waals surface area (Å²) in [5.74, 6) is -0.695. The summed E-state index contributed by atoms with van der Waals surface area (Å²) in [4.78, 5) is 13.9. The van der Waals surface area contributed by atoms with Crippen LogP contribution in [0.4, 0.5) is 4.39 Å². The van der Waals surface area contributed by atoms with Crippen molar-refractivity contribution >= 4 is 34.8 Å². The second kappa shape index (κ2) is 5.72. The van der Waals surface area contributed by atoms with Crippen LogP contribution in [-0.2, 0) is 0 Å². The van der Waals surface area contributed by atoms with Crippen molar-refractivity contribution in [2.24, 2.45) is 0 Å². The van der Waals surface area contributed by atoms with Crippen LogP contribution in [0, 0.1) is 5.82 Å². The first-order chi connectivity index (χ1) is 10.5. The molecule has 0 aliphatic heterocycles. The van der Waals surface area contributed by atoms with E-state index in [0.29, 0.717) is 16.3 Å². The molecule has 0 bridgehead atoms. The molecule has 3 aromatic rings. The Morgan fingerprint density at radius 1 is 1.23 bits per heavy atom. The zero-order chi connectivity index (χ0) is 15.9. The molecule has 2 heterocycles. The molecule has 0 unspecified atom stereocenters. The Bertz CT molecular complexity index is 922. The molecular weight excluding hydrogens is 354 g/mol. The van der Waals surface area contributed by atoms with Crippen molar-refractivity contribution in [3.8, 4) is 16.8 Å². The van der Waals surface area contributed by atoms with Crippen LogP contribution in [0.2, 0.25) is 15.2 Å². The fourth-order valence-corrected chi connectivity index (χ4v) is 2.54. The molecule has 0 aliphatic carbocycles. The van der Waals surface area contributed by atoms with Gasteiger partial charge in [-0.05, 0) is 18.2 Å². The van der Waals surface area contributed by atoms with E-state index in [1.807, 2.05) is 0 Å². The molecule has 0 spiro atoms. The van der Waals surface area contributed by atoms with Crippen molar-refractivity contribution in [1.29, 1.82) is 0 Å². The van der Waals surface area contributed by atoms with Gasteiger partial charge in [0.1, 0.15) is 10.8 Å². The molecule has 2 aromatic heterocycles. The summed E-state index contributed by atoms with van der Waals surface area (Å²) in [7, 11) is 0. The SMILES string of the molecule is O=c1[nH]cc(F)c(-c2cc(Cl)ccc2-n2cc(Cl)nn2)c1Cl. The second-order valence-corrected chi connectivity index (χ2v) is 5.50. The molecule has 0 fully saturated rings. The van der Waals surface area contributed by atoms with Crippen LogP contribution in [0.25, 0.3) is 16.8 Å². The van der Waals surface area contributed by atoms with Gasteiger partial charge in [0, 0.05) is 22.3 Å². The largest absolute Gasteiger partial charge is 0.325 e. The first-order valence-corrected chi connectivity index (χ1v) is 7.05. The number of nitrogens with zero attached hydrogens (tertiary/aromatic N) is 3. The lowest BCUT2D eigenvalue weighted by Gasteiger charge is -2.11. The van der Waals surface area contributed by atoms with Gasteiger partial charge in [-0.1, -0.05) is 40.0 Å². The average Bonchev–Trinajstić information content (AvgIpc) is 2.90. The summed E-state index contributed by atoms with van der Waals surface area (Å²) in [5, 5.41) is 7.72. The summed E-state index contributed by atoms with van der Waals surface area (Å²) in [6, 6.07) is 4.67. The third-order valence-corrected chi connectivity index (χ3v) is 3.70. The highest BCUT2D eigenvalue weighted by molar-refractivity contribution is 6.34. The predicted molar refractivity (Wildman–Crippen MR) is 82.4 cm³/mol. The number of benzene rings is 1. The molecule has 3 rings (SSSR count). The Hall–Kier alpha value is -1.89. The van der Waals surface area contributed by atoms with Crippen molar-refractivity contribution in [2.45, 2.75) is 0 Å². The number of aromatic amines is 1. The summed E-state index contributed by atoms with van der Waals surface area (Å²) in [5.41, 5.74) is 0.0352. The predicted octanol–water partition coefficient (Wildman–Crippen LogP) is 3.72. The van der Waals surface area contributed by atoms with E-state index in [1.54, 1.807) is 12.1 Å². The molecule has 0 saturated carbocycles. The highest BCUT2D eigenvalue weighted by Crippen LogP contribution is 2.34. The monoisotopic (exact) mass is 358 g/mol. The van der Waals surface area contributed by atoms with Crippen molar-refractivity contribution in [2.75, 3.05) is 0 Å². The summed E-state index contributed by atoms with van der Waals surface area (Å²) in [6.07, 6.45) is 2.37. The van der Waals surface area contributed by atoms with E-state index in [4.69, 9.17) is 34.8 Å². The van der Waals surface area contributed by atoms with Gasteiger partial charge in [-0.25, -0.2) is 9.07 Å². The average molecular weight is 360 g/mol. The van der Waals surface area contributed by atoms with Gasteiger partial charge < -0.3 is 4.98 Å². The molecule has 5 nitrogen and oxygen atoms in total. The Morgan fingerprint density at radius 3 is 2.68 bits per heavy atom. The van der Waals surface area contributed by atoms with E-state index in [9.17, 15) is 9.18 Å². The third kappa shape index (κ3) is 2.61. The molecule has 0 aliphatic rings. The van der Waals surface area contributed by atoms with Crippen LogP contribution in [-0.4, -0.2) is 20.0 Å². The van der Waals surface area contributed by atoms with Gasteiger partial charge in [-0.3, -0.25) is 4.79 Å². The zero-order valence-electron chi connectivity index (χ0n) is 10.6. The number of hydrogen-bond donors (Lipinski definition) is 1. The maximum atomic E-state index is 14.2. The third-order valence-electron chi connectivity index (χ3n) is 2.93. The van der Waals surface area contributed by atoms with Crippen LogP contribution in [0.3, 0.4) is 0 Å². The lowest BCUT2D eigenvalue weighted by atomic mass is 10.0.